The number of imidazole rings is 1. The number of benzene rings is 2. The molecule has 1 amide bonds. The molecule has 0 aliphatic carbocycles. The maximum Gasteiger partial charge on any atom is 0.242 e. The lowest BCUT2D eigenvalue weighted by atomic mass is 10.2. The summed E-state index contributed by atoms with van der Waals surface area (Å²) in [6, 6.07) is 12.4. The Kier molecular flexibility index (Phi) is 7.92. The zero-order valence-corrected chi connectivity index (χ0v) is 20.2. The third kappa shape index (κ3) is 5.68. The Balaban J connectivity index is 1.76. The quantitative estimate of drug-likeness (QED) is 0.479. The zero-order chi connectivity index (χ0) is 23.3. The van der Waals surface area contributed by atoms with E-state index in [9.17, 15) is 13.2 Å². The molecule has 9 heteroatoms. The van der Waals surface area contributed by atoms with Crippen molar-refractivity contribution in [3.8, 4) is 0 Å². The number of fused-ring (bicyclic) bond motifs is 1. The average Bonchev–Trinajstić information content (AvgIpc) is 3.12. The number of hydrogen-bond donors (Lipinski definition) is 1. The van der Waals surface area contributed by atoms with Gasteiger partial charge < -0.3 is 9.88 Å². The molecule has 7 nitrogen and oxygen atoms in total. The molecule has 2 aromatic carbocycles. The fraction of sp³-hybridized carbons (Fsp3) is 0.391. The van der Waals surface area contributed by atoms with Crippen molar-refractivity contribution in [2.24, 2.45) is 0 Å². The Morgan fingerprint density at radius 1 is 1.16 bits per heavy atom. The lowest BCUT2D eigenvalue weighted by Gasteiger charge is -2.11. The minimum absolute atomic E-state index is 0.0649. The highest BCUT2D eigenvalue weighted by Gasteiger charge is 2.20. The van der Waals surface area contributed by atoms with Crippen LogP contribution in [0.1, 0.15) is 37.6 Å². The van der Waals surface area contributed by atoms with Gasteiger partial charge in [-0.05, 0) is 42.3 Å². The number of carbonyl (C=O) groups is 1. The summed E-state index contributed by atoms with van der Waals surface area (Å²) in [5.74, 6) is 0.722. The molecule has 0 spiro atoms. The molecule has 1 heterocycles. The van der Waals surface area contributed by atoms with E-state index in [1.165, 1.54) is 18.4 Å². The monoisotopic (exact) mass is 476 g/mol. The molecule has 1 aromatic heterocycles. The Bertz CT molecular complexity index is 1190. The van der Waals surface area contributed by atoms with Gasteiger partial charge in [-0.2, -0.15) is 0 Å². The van der Waals surface area contributed by atoms with Crippen LogP contribution < -0.4 is 5.32 Å². The van der Waals surface area contributed by atoms with Crippen LogP contribution in [0, 0.1) is 0 Å². The molecule has 0 aliphatic heterocycles. The smallest absolute Gasteiger partial charge is 0.242 e. The van der Waals surface area contributed by atoms with E-state index in [-0.39, 0.29) is 10.8 Å². The molecule has 0 saturated heterocycles. The lowest BCUT2D eigenvalue weighted by Crippen LogP contribution is -2.23. The summed E-state index contributed by atoms with van der Waals surface area (Å²) >= 11 is 5.89. The molecule has 0 radical (unpaired) electrons. The molecule has 0 fully saturated rings. The highest BCUT2D eigenvalue weighted by atomic mass is 35.5. The molecule has 32 heavy (non-hydrogen) atoms. The molecule has 172 valence electrons. The van der Waals surface area contributed by atoms with E-state index in [2.05, 4.69) is 21.8 Å². The Labute approximate surface area is 194 Å². The van der Waals surface area contributed by atoms with Gasteiger partial charge in [0.1, 0.15) is 5.82 Å². The molecule has 3 rings (SSSR count). The first-order valence-corrected chi connectivity index (χ1v) is 12.5. The first-order chi connectivity index (χ1) is 15.2. The summed E-state index contributed by atoms with van der Waals surface area (Å²) in [5, 5.41) is 3.58. The minimum Gasteiger partial charge on any atom is -0.352 e. The first-order valence-electron chi connectivity index (χ1n) is 10.6. The molecular formula is C23H29ClN4O3S. The molecule has 0 aliphatic rings. The van der Waals surface area contributed by atoms with Crippen molar-refractivity contribution < 1.29 is 13.2 Å². The normalized spacial score (nSPS) is 11.9. The van der Waals surface area contributed by atoms with Gasteiger partial charge in [0, 0.05) is 45.0 Å². The third-order valence-electron chi connectivity index (χ3n) is 5.29. The molecule has 1 N–H and O–H groups in total. The van der Waals surface area contributed by atoms with Gasteiger partial charge in [0.25, 0.3) is 0 Å². The van der Waals surface area contributed by atoms with Crippen molar-refractivity contribution in [1.82, 2.24) is 19.2 Å². The second-order valence-electron chi connectivity index (χ2n) is 7.87. The van der Waals surface area contributed by atoms with Crippen molar-refractivity contribution >= 4 is 38.6 Å². The number of halogens is 1. The number of unbranched alkanes of at least 4 members (excludes halogenated alkanes) is 1. The number of aromatic nitrogens is 2. The Morgan fingerprint density at radius 2 is 1.88 bits per heavy atom. The lowest BCUT2D eigenvalue weighted by molar-refractivity contribution is -0.121. The van der Waals surface area contributed by atoms with Gasteiger partial charge in [0.2, 0.25) is 15.9 Å². The van der Waals surface area contributed by atoms with Gasteiger partial charge in [-0.25, -0.2) is 17.7 Å². The number of aryl methyl sites for hydroxylation is 2. The fourth-order valence-corrected chi connectivity index (χ4v) is 4.45. The number of nitrogens with zero attached hydrogens (tertiary/aromatic N) is 3. The summed E-state index contributed by atoms with van der Waals surface area (Å²) in [6.45, 7) is 3.33. The van der Waals surface area contributed by atoms with Gasteiger partial charge >= 0.3 is 0 Å². The molecule has 0 unspecified atom stereocenters. The van der Waals surface area contributed by atoms with Gasteiger partial charge in [0.05, 0.1) is 15.9 Å². The van der Waals surface area contributed by atoms with Crippen molar-refractivity contribution in [2.75, 3.05) is 14.1 Å². The van der Waals surface area contributed by atoms with Crippen LogP contribution in [0.25, 0.3) is 11.0 Å². The van der Waals surface area contributed by atoms with Crippen LogP contribution in [0.5, 0.6) is 0 Å². The topological polar surface area (TPSA) is 84.3 Å². The van der Waals surface area contributed by atoms with Crippen LogP contribution >= 0.6 is 11.6 Å². The van der Waals surface area contributed by atoms with E-state index in [0.29, 0.717) is 29.9 Å². The Hall–Kier alpha value is -2.42. The number of rotatable bonds is 10. The number of amides is 1. The number of sulfonamides is 1. The summed E-state index contributed by atoms with van der Waals surface area (Å²) < 4.78 is 28.3. The minimum atomic E-state index is -3.54. The fourth-order valence-electron chi connectivity index (χ4n) is 3.40. The van der Waals surface area contributed by atoms with E-state index in [1.807, 2.05) is 12.1 Å². The zero-order valence-electron chi connectivity index (χ0n) is 18.6. The molecule has 3 aromatic rings. The number of nitrogens with one attached hydrogen (secondary N) is 1. The maximum absolute atomic E-state index is 12.5. The third-order valence-corrected chi connectivity index (χ3v) is 7.35. The van der Waals surface area contributed by atoms with Crippen LogP contribution in [0.4, 0.5) is 0 Å². The van der Waals surface area contributed by atoms with E-state index in [0.717, 1.165) is 36.3 Å². The van der Waals surface area contributed by atoms with E-state index >= 15 is 0 Å². The van der Waals surface area contributed by atoms with E-state index < -0.39 is 10.0 Å². The van der Waals surface area contributed by atoms with Crippen LogP contribution in [0.3, 0.4) is 0 Å². The van der Waals surface area contributed by atoms with E-state index in [1.54, 1.807) is 30.3 Å². The summed E-state index contributed by atoms with van der Waals surface area (Å²) in [7, 11) is -0.525. The number of carbonyl (C=O) groups excluding carboxylic acids is 1. The maximum atomic E-state index is 12.5. The van der Waals surface area contributed by atoms with Crippen LogP contribution in [-0.4, -0.2) is 42.3 Å². The predicted octanol–water partition coefficient (Wildman–Crippen LogP) is 3.99. The largest absolute Gasteiger partial charge is 0.352 e. The molecule has 0 atom stereocenters. The predicted molar refractivity (Wildman–Crippen MR) is 127 cm³/mol. The van der Waals surface area contributed by atoms with Crippen LogP contribution in [0.2, 0.25) is 5.02 Å². The summed E-state index contributed by atoms with van der Waals surface area (Å²) in [4.78, 5) is 17.3. The van der Waals surface area contributed by atoms with E-state index in [4.69, 9.17) is 11.6 Å². The molecular weight excluding hydrogens is 448 g/mol. The Morgan fingerprint density at radius 3 is 2.53 bits per heavy atom. The second kappa shape index (κ2) is 10.5. The van der Waals surface area contributed by atoms with Crippen molar-refractivity contribution in [2.45, 2.75) is 50.6 Å². The summed E-state index contributed by atoms with van der Waals surface area (Å²) in [6.07, 6.45) is 2.76. The average molecular weight is 477 g/mol. The van der Waals surface area contributed by atoms with Gasteiger partial charge in [-0.1, -0.05) is 37.1 Å². The van der Waals surface area contributed by atoms with Crippen molar-refractivity contribution in [1.29, 1.82) is 0 Å². The first kappa shape index (κ1) is 24.2. The SMILES string of the molecule is CCCCn1c(CCC(=O)NCc2ccc(Cl)cc2)nc2cc(S(=O)(=O)N(C)C)ccc21. The van der Waals surface area contributed by atoms with Crippen molar-refractivity contribution in [3.63, 3.8) is 0 Å². The standard InChI is InChI=1S/C23H29ClN4O3S/c1-4-5-14-28-21-11-10-19(32(30,31)27(2)3)15-20(21)26-22(28)12-13-23(29)25-16-17-6-8-18(24)9-7-17/h6-11,15H,4-5,12-14,16H2,1-3H3,(H,25,29). The highest BCUT2D eigenvalue weighted by Crippen LogP contribution is 2.23. The number of hydrogen-bond acceptors (Lipinski definition) is 4. The second-order valence-corrected chi connectivity index (χ2v) is 10.5. The van der Waals surface area contributed by atoms with Gasteiger partial charge in [-0.3, -0.25) is 4.79 Å². The highest BCUT2D eigenvalue weighted by molar-refractivity contribution is 7.89. The van der Waals surface area contributed by atoms with Crippen LogP contribution in [0.15, 0.2) is 47.4 Å². The molecule has 0 bridgehead atoms. The van der Waals surface area contributed by atoms with Gasteiger partial charge in [0.15, 0.2) is 0 Å². The van der Waals surface area contributed by atoms with Crippen LogP contribution in [-0.2, 0) is 34.3 Å². The molecule has 0 saturated carbocycles. The van der Waals surface area contributed by atoms with Gasteiger partial charge in [-0.15, -0.1) is 0 Å². The summed E-state index contributed by atoms with van der Waals surface area (Å²) in [5.41, 5.74) is 2.49. The van der Waals surface area contributed by atoms with Crippen molar-refractivity contribution in [3.05, 3.63) is 58.9 Å².